The highest BCUT2D eigenvalue weighted by Crippen LogP contribution is 2.28. The first-order valence-electron chi connectivity index (χ1n) is 10.1. The third kappa shape index (κ3) is 5.62. The molecule has 1 aromatic carbocycles. The molecule has 2 heterocycles. The molecule has 166 valence electrons. The number of piperidine rings is 1. The van der Waals surface area contributed by atoms with Crippen molar-refractivity contribution in [2.24, 2.45) is 5.92 Å². The highest BCUT2D eigenvalue weighted by Gasteiger charge is 2.26. The fraction of sp³-hybridized carbons (Fsp3) is 0.409. The van der Waals surface area contributed by atoms with Crippen LogP contribution in [0, 0.1) is 18.7 Å². The molecular formula is C22H25ClFN3O3S. The molecule has 0 bridgehead atoms. The number of nitrogens with one attached hydrogen (secondary N) is 2. The highest BCUT2D eigenvalue weighted by molar-refractivity contribution is 7.18. The Kier molecular flexibility index (Phi) is 7.33. The molecule has 3 rings (SSSR count). The predicted molar refractivity (Wildman–Crippen MR) is 120 cm³/mol. The van der Waals surface area contributed by atoms with Crippen LogP contribution < -0.4 is 10.6 Å². The lowest BCUT2D eigenvalue weighted by Gasteiger charge is -2.33. The minimum Gasteiger partial charge on any atom is -0.348 e. The van der Waals surface area contributed by atoms with Crippen molar-refractivity contribution in [2.45, 2.75) is 39.7 Å². The van der Waals surface area contributed by atoms with E-state index in [2.05, 4.69) is 10.6 Å². The van der Waals surface area contributed by atoms with Gasteiger partial charge >= 0.3 is 0 Å². The monoisotopic (exact) mass is 465 g/mol. The Labute approximate surface area is 189 Å². The molecule has 0 radical (unpaired) electrons. The minimum absolute atomic E-state index is 0.00118. The molecule has 1 fully saturated rings. The molecular weight excluding hydrogens is 441 g/mol. The van der Waals surface area contributed by atoms with Crippen LogP contribution in [-0.2, 0) is 4.79 Å². The second-order valence-corrected chi connectivity index (χ2v) is 9.39. The maximum absolute atomic E-state index is 13.2. The van der Waals surface area contributed by atoms with Gasteiger partial charge in [0.25, 0.3) is 11.8 Å². The van der Waals surface area contributed by atoms with E-state index in [0.717, 1.165) is 11.6 Å². The largest absolute Gasteiger partial charge is 0.348 e. The van der Waals surface area contributed by atoms with Crippen LogP contribution in [0.5, 0.6) is 0 Å². The Bertz CT molecular complexity index is 1000. The number of nitrogens with zero attached hydrogens (tertiary/aromatic N) is 1. The average Bonchev–Trinajstić information content (AvgIpc) is 3.07. The number of thiophene rings is 1. The van der Waals surface area contributed by atoms with Crippen molar-refractivity contribution < 1.29 is 18.8 Å². The molecule has 0 aliphatic carbocycles. The van der Waals surface area contributed by atoms with Crippen LogP contribution in [0.2, 0.25) is 5.02 Å². The molecule has 3 amide bonds. The lowest BCUT2D eigenvalue weighted by Crippen LogP contribution is -2.47. The molecule has 0 saturated carbocycles. The van der Waals surface area contributed by atoms with Gasteiger partial charge in [0, 0.05) is 25.0 Å². The van der Waals surface area contributed by atoms with E-state index in [1.54, 1.807) is 13.0 Å². The summed E-state index contributed by atoms with van der Waals surface area (Å²) in [6.07, 6.45) is 1.42. The molecule has 1 saturated heterocycles. The van der Waals surface area contributed by atoms with Gasteiger partial charge in [0.2, 0.25) is 5.91 Å². The number of carbonyl (C=O) groups excluding carboxylic acids is 3. The third-order valence-corrected chi connectivity index (χ3v) is 6.64. The topological polar surface area (TPSA) is 78.5 Å². The lowest BCUT2D eigenvalue weighted by atomic mass is 10.0. The molecule has 2 aromatic rings. The molecule has 2 N–H and O–H groups in total. The van der Waals surface area contributed by atoms with Gasteiger partial charge in [-0.2, -0.15) is 0 Å². The summed E-state index contributed by atoms with van der Waals surface area (Å²) in [4.78, 5) is 39.7. The molecule has 1 aliphatic rings. The van der Waals surface area contributed by atoms with Crippen LogP contribution in [0.4, 0.5) is 9.39 Å². The van der Waals surface area contributed by atoms with Gasteiger partial charge in [-0.25, -0.2) is 4.39 Å². The molecule has 31 heavy (non-hydrogen) atoms. The van der Waals surface area contributed by atoms with E-state index in [-0.39, 0.29) is 34.4 Å². The first-order valence-corrected chi connectivity index (χ1v) is 11.3. The number of halogens is 2. The molecule has 9 heteroatoms. The predicted octanol–water partition coefficient (Wildman–Crippen LogP) is 4.48. The van der Waals surface area contributed by atoms with Crippen LogP contribution in [0.15, 0.2) is 24.3 Å². The number of carbonyl (C=O) groups is 3. The van der Waals surface area contributed by atoms with Gasteiger partial charge in [-0.15, -0.1) is 11.3 Å². The summed E-state index contributed by atoms with van der Waals surface area (Å²) in [5.41, 5.74) is 0.901. The van der Waals surface area contributed by atoms with Crippen LogP contribution in [0.1, 0.15) is 52.3 Å². The Morgan fingerprint density at radius 1 is 1.16 bits per heavy atom. The number of benzene rings is 1. The zero-order valence-corrected chi connectivity index (χ0v) is 19.2. The summed E-state index contributed by atoms with van der Waals surface area (Å²) < 4.78 is 13.2. The van der Waals surface area contributed by atoms with Gasteiger partial charge in [-0.3, -0.25) is 14.4 Å². The van der Waals surface area contributed by atoms with E-state index in [1.807, 2.05) is 18.7 Å². The van der Waals surface area contributed by atoms with Crippen molar-refractivity contribution in [2.75, 3.05) is 18.4 Å². The number of hydrogen-bond acceptors (Lipinski definition) is 4. The van der Waals surface area contributed by atoms with Gasteiger partial charge in [0.15, 0.2) is 0 Å². The van der Waals surface area contributed by atoms with E-state index in [4.69, 9.17) is 11.6 Å². The zero-order chi connectivity index (χ0) is 22.7. The number of hydrogen-bond donors (Lipinski definition) is 2. The summed E-state index contributed by atoms with van der Waals surface area (Å²) in [7, 11) is 0. The number of aryl methyl sites for hydroxylation is 1. The fourth-order valence-electron chi connectivity index (χ4n) is 3.48. The highest BCUT2D eigenvalue weighted by atomic mass is 35.5. The first kappa shape index (κ1) is 23.2. The van der Waals surface area contributed by atoms with Crippen molar-refractivity contribution in [1.29, 1.82) is 0 Å². The van der Waals surface area contributed by atoms with Crippen LogP contribution in [0.25, 0.3) is 0 Å². The van der Waals surface area contributed by atoms with Crippen molar-refractivity contribution in [1.82, 2.24) is 10.2 Å². The van der Waals surface area contributed by atoms with E-state index < -0.39 is 11.7 Å². The summed E-state index contributed by atoms with van der Waals surface area (Å²) in [6.45, 7) is 6.83. The van der Waals surface area contributed by atoms with E-state index in [1.165, 1.54) is 23.5 Å². The smallest absolute Gasteiger partial charge is 0.261 e. The first-order chi connectivity index (χ1) is 14.7. The maximum Gasteiger partial charge on any atom is 0.261 e. The standard InChI is InChI=1S/C22H25ClFN3O3S/c1-12(2)22(30)27-8-6-15(7-9-27)25-21(29)19-13(3)10-18(31-19)26-20(28)16-5-4-14(24)11-17(16)23/h4-5,10-12,15H,6-9H2,1-3H3,(H,25,29)(H,26,28). The average molecular weight is 466 g/mol. The quantitative estimate of drug-likeness (QED) is 0.683. The second kappa shape index (κ2) is 9.78. The second-order valence-electron chi connectivity index (χ2n) is 7.93. The summed E-state index contributed by atoms with van der Waals surface area (Å²) >= 11 is 7.12. The molecule has 0 atom stereocenters. The van der Waals surface area contributed by atoms with Gasteiger partial charge in [-0.05, 0) is 49.6 Å². The SMILES string of the molecule is Cc1cc(NC(=O)c2ccc(F)cc2Cl)sc1C(=O)NC1CCN(C(=O)C(C)C)CC1. The van der Waals surface area contributed by atoms with E-state index >= 15 is 0 Å². The van der Waals surface area contributed by atoms with Crippen molar-refractivity contribution in [3.05, 3.63) is 51.1 Å². The van der Waals surface area contributed by atoms with E-state index in [9.17, 15) is 18.8 Å². The molecule has 6 nitrogen and oxygen atoms in total. The van der Waals surface area contributed by atoms with Crippen molar-refractivity contribution in [3.63, 3.8) is 0 Å². The van der Waals surface area contributed by atoms with Gasteiger partial charge in [-0.1, -0.05) is 25.4 Å². The number of anilines is 1. The van der Waals surface area contributed by atoms with Crippen molar-refractivity contribution in [3.8, 4) is 0 Å². The van der Waals surface area contributed by atoms with Crippen LogP contribution in [0.3, 0.4) is 0 Å². The molecule has 0 spiro atoms. The minimum atomic E-state index is -0.521. The van der Waals surface area contributed by atoms with Gasteiger partial charge < -0.3 is 15.5 Å². The fourth-order valence-corrected chi connectivity index (χ4v) is 4.71. The summed E-state index contributed by atoms with van der Waals surface area (Å²) in [6, 6.07) is 5.28. The zero-order valence-electron chi connectivity index (χ0n) is 17.6. The Hall–Kier alpha value is -2.45. The summed E-state index contributed by atoms with van der Waals surface area (Å²) in [5.74, 6) is -1.08. The van der Waals surface area contributed by atoms with E-state index in [0.29, 0.717) is 35.8 Å². The van der Waals surface area contributed by atoms with Gasteiger partial charge in [0.1, 0.15) is 5.82 Å². The Morgan fingerprint density at radius 3 is 2.45 bits per heavy atom. The van der Waals surface area contributed by atoms with Crippen LogP contribution >= 0.6 is 22.9 Å². The van der Waals surface area contributed by atoms with Crippen LogP contribution in [-0.4, -0.2) is 41.8 Å². The Balaban J connectivity index is 1.60. The maximum atomic E-state index is 13.2. The lowest BCUT2D eigenvalue weighted by molar-refractivity contribution is -0.135. The molecule has 1 aliphatic heterocycles. The summed E-state index contributed by atoms with van der Waals surface area (Å²) in [5, 5.41) is 6.28. The normalized spacial score (nSPS) is 14.6. The Morgan fingerprint density at radius 2 is 1.84 bits per heavy atom. The number of rotatable bonds is 5. The van der Waals surface area contributed by atoms with Crippen molar-refractivity contribution >= 4 is 45.7 Å². The number of likely N-dealkylation sites (tertiary alicyclic amines) is 1. The van der Waals surface area contributed by atoms with Gasteiger partial charge in [0.05, 0.1) is 20.5 Å². The number of amides is 3. The molecule has 0 unspecified atom stereocenters. The third-order valence-electron chi connectivity index (χ3n) is 5.17. The molecule has 1 aromatic heterocycles.